The van der Waals surface area contributed by atoms with Crippen LogP contribution in [0.25, 0.3) is 22.4 Å². The van der Waals surface area contributed by atoms with E-state index >= 15 is 0 Å². The van der Waals surface area contributed by atoms with Crippen LogP contribution in [0.2, 0.25) is 0 Å². The number of benzene rings is 2. The Balaban J connectivity index is 1.68. The summed E-state index contributed by atoms with van der Waals surface area (Å²) in [6.07, 6.45) is 3.37. The van der Waals surface area contributed by atoms with Gasteiger partial charge in [-0.3, -0.25) is 0 Å². The molecular formula is C27H35N2O2+. The van der Waals surface area contributed by atoms with Gasteiger partial charge in [-0.25, -0.2) is 13.9 Å². The average molecular weight is 420 g/mol. The number of hydrogen-bond acceptors (Lipinski definition) is 2. The number of ether oxygens (including phenoxy) is 1. The molecule has 0 unspecified atom stereocenters. The van der Waals surface area contributed by atoms with Crippen molar-refractivity contribution < 1.29 is 14.1 Å². The van der Waals surface area contributed by atoms with E-state index < -0.39 is 0 Å². The average Bonchev–Trinajstić information content (AvgIpc) is 2.99. The van der Waals surface area contributed by atoms with Gasteiger partial charge in [0.15, 0.2) is 17.6 Å². The molecule has 4 rings (SSSR count). The number of esters is 1. The molecule has 0 bridgehead atoms. The highest BCUT2D eigenvalue weighted by atomic mass is 16.5. The number of rotatable bonds is 5. The first-order chi connectivity index (χ1) is 14.8. The van der Waals surface area contributed by atoms with Gasteiger partial charge >= 0.3 is 5.97 Å². The Hall–Kier alpha value is -2.62. The Morgan fingerprint density at radius 1 is 1.16 bits per heavy atom. The fourth-order valence-corrected chi connectivity index (χ4v) is 5.26. The summed E-state index contributed by atoms with van der Waals surface area (Å²) in [5.41, 5.74) is 4.47. The highest BCUT2D eigenvalue weighted by Crippen LogP contribution is 2.35. The summed E-state index contributed by atoms with van der Waals surface area (Å²) in [5.74, 6) is 2.48. The third-order valence-corrected chi connectivity index (χ3v) is 6.91. The largest absolute Gasteiger partial charge is 0.459 e. The number of hydrogen-bond donors (Lipinski definition) is 0. The van der Waals surface area contributed by atoms with Crippen molar-refractivity contribution in [1.82, 2.24) is 4.57 Å². The van der Waals surface area contributed by atoms with Crippen LogP contribution in [-0.4, -0.2) is 16.6 Å². The van der Waals surface area contributed by atoms with E-state index in [0.717, 1.165) is 35.3 Å². The minimum atomic E-state index is -0.139. The number of carbonyl (C=O) groups is 1. The minimum Gasteiger partial charge on any atom is -0.459 e. The van der Waals surface area contributed by atoms with E-state index in [-0.39, 0.29) is 18.6 Å². The fraction of sp³-hybridized carbons (Fsp3) is 0.481. The van der Waals surface area contributed by atoms with Crippen molar-refractivity contribution >= 4 is 17.0 Å². The number of nitrogens with zero attached hydrogens (tertiary/aromatic N) is 2. The Labute approximate surface area is 185 Å². The van der Waals surface area contributed by atoms with Crippen LogP contribution in [0.15, 0.2) is 48.5 Å². The smallest absolute Gasteiger partial charge is 0.348 e. The van der Waals surface area contributed by atoms with Crippen molar-refractivity contribution in [3.63, 3.8) is 0 Å². The molecule has 0 radical (unpaired) electrons. The van der Waals surface area contributed by atoms with Gasteiger partial charge in [0, 0.05) is 0 Å². The van der Waals surface area contributed by atoms with Gasteiger partial charge < -0.3 is 4.74 Å². The standard InChI is InChI=1S/C27H35N2O2/c1-18(2)22-14-13-20(4)16-25(22)31-26(30)17-29-24-12-7-6-11-23(24)28(5)27(29)21-10-8-9-19(3)15-21/h6-12,15,18,20,22,25H,13-14,16-17H2,1-5H3/q+1/t20-,22+,25-/m1/s1. The number of para-hydroxylation sites is 2. The van der Waals surface area contributed by atoms with Gasteiger partial charge in [-0.15, -0.1) is 0 Å². The summed E-state index contributed by atoms with van der Waals surface area (Å²) < 4.78 is 10.4. The lowest BCUT2D eigenvalue weighted by molar-refractivity contribution is -0.634. The van der Waals surface area contributed by atoms with Gasteiger partial charge in [0.25, 0.3) is 5.82 Å². The van der Waals surface area contributed by atoms with Crippen molar-refractivity contribution in [3.05, 3.63) is 54.1 Å². The second-order valence-corrected chi connectivity index (χ2v) is 9.68. The van der Waals surface area contributed by atoms with Gasteiger partial charge in [-0.05, 0) is 61.8 Å². The summed E-state index contributed by atoms with van der Waals surface area (Å²) in [6, 6.07) is 16.7. The van der Waals surface area contributed by atoms with Crippen molar-refractivity contribution in [1.29, 1.82) is 0 Å². The first-order valence-corrected chi connectivity index (χ1v) is 11.6. The summed E-state index contributed by atoms with van der Waals surface area (Å²) in [5, 5.41) is 0. The Kier molecular flexibility index (Phi) is 6.17. The summed E-state index contributed by atoms with van der Waals surface area (Å²) in [4.78, 5) is 13.2. The summed E-state index contributed by atoms with van der Waals surface area (Å²) in [6.45, 7) is 9.08. The normalized spacial score (nSPS) is 21.5. The van der Waals surface area contributed by atoms with Crippen molar-refractivity contribution in [2.75, 3.05) is 0 Å². The van der Waals surface area contributed by atoms with Gasteiger partial charge in [-0.2, -0.15) is 0 Å². The zero-order valence-electron chi connectivity index (χ0n) is 19.5. The van der Waals surface area contributed by atoms with E-state index in [1.807, 2.05) is 12.1 Å². The number of fused-ring (bicyclic) bond motifs is 1. The first-order valence-electron chi connectivity index (χ1n) is 11.6. The van der Waals surface area contributed by atoms with Crippen molar-refractivity contribution in [3.8, 4) is 11.4 Å². The highest BCUT2D eigenvalue weighted by molar-refractivity contribution is 5.79. The molecule has 0 amide bonds. The number of aryl methyl sites for hydroxylation is 2. The Morgan fingerprint density at radius 3 is 2.68 bits per heavy atom. The van der Waals surface area contributed by atoms with E-state index in [1.54, 1.807) is 0 Å². The molecule has 0 N–H and O–H groups in total. The molecule has 1 aliphatic carbocycles. The van der Waals surface area contributed by atoms with Crippen molar-refractivity contribution in [2.24, 2.45) is 24.8 Å². The van der Waals surface area contributed by atoms with Crippen LogP contribution in [0.3, 0.4) is 0 Å². The second kappa shape index (κ2) is 8.86. The van der Waals surface area contributed by atoms with E-state index in [1.165, 1.54) is 12.0 Å². The maximum absolute atomic E-state index is 13.2. The van der Waals surface area contributed by atoms with Gasteiger partial charge in [-0.1, -0.05) is 57.0 Å². The maximum Gasteiger partial charge on any atom is 0.348 e. The third-order valence-electron chi connectivity index (χ3n) is 6.91. The molecule has 1 aliphatic rings. The Bertz CT molecular complexity index is 1080. The molecule has 0 saturated heterocycles. The highest BCUT2D eigenvalue weighted by Gasteiger charge is 2.34. The van der Waals surface area contributed by atoms with Crippen LogP contribution in [0.1, 0.15) is 45.6 Å². The zero-order chi connectivity index (χ0) is 22.1. The molecule has 164 valence electrons. The van der Waals surface area contributed by atoms with E-state index in [0.29, 0.717) is 17.8 Å². The topological polar surface area (TPSA) is 35.1 Å². The Morgan fingerprint density at radius 2 is 1.94 bits per heavy atom. The molecule has 0 aliphatic heterocycles. The molecular weight excluding hydrogens is 384 g/mol. The zero-order valence-corrected chi connectivity index (χ0v) is 19.5. The molecule has 2 aromatic carbocycles. The van der Waals surface area contributed by atoms with E-state index in [2.05, 4.69) is 80.3 Å². The molecule has 3 atom stereocenters. The van der Waals surface area contributed by atoms with Crippen LogP contribution in [0.5, 0.6) is 0 Å². The lowest BCUT2D eigenvalue weighted by Crippen LogP contribution is -2.37. The van der Waals surface area contributed by atoms with Crippen LogP contribution in [-0.2, 0) is 23.1 Å². The molecule has 0 spiro atoms. The minimum absolute atomic E-state index is 0.0225. The second-order valence-electron chi connectivity index (χ2n) is 9.68. The monoisotopic (exact) mass is 419 g/mol. The van der Waals surface area contributed by atoms with Crippen LogP contribution >= 0.6 is 0 Å². The SMILES string of the molecule is Cc1cccc(-c2n(CC(=O)O[C@@H]3C[C@H](C)CC[C@H]3C(C)C)c3ccccc3[n+]2C)c1. The molecule has 3 aromatic rings. The predicted molar refractivity (Wildman–Crippen MR) is 125 cm³/mol. The van der Waals surface area contributed by atoms with Crippen LogP contribution in [0.4, 0.5) is 0 Å². The summed E-state index contributed by atoms with van der Waals surface area (Å²) in [7, 11) is 2.07. The third kappa shape index (κ3) is 4.39. The molecule has 1 aromatic heterocycles. The number of imidazole rings is 1. The molecule has 31 heavy (non-hydrogen) atoms. The number of carbonyl (C=O) groups excluding carboxylic acids is 1. The molecule has 4 nitrogen and oxygen atoms in total. The number of aromatic nitrogens is 2. The van der Waals surface area contributed by atoms with Crippen LogP contribution in [0, 0.1) is 24.7 Å². The first kappa shape index (κ1) is 21.6. The molecule has 1 fully saturated rings. The van der Waals surface area contributed by atoms with Gasteiger partial charge in [0.1, 0.15) is 6.10 Å². The molecule has 4 heteroatoms. The van der Waals surface area contributed by atoms with E-state index in [9.17, 15) is 4.79 Å². The van der Waals surface area contributed by atoms with Gasteiger partial charge in [0.2, 0.25) is 0 Å². The fourth-order valence-electron chi connectivity index (χ4n) is 5.26. The maximum atomic E-state index is 13.2. The lowest BCUT2D eigenvalue weighted by Gasteiger charge is -2.36. The predicted octanol–water partition coefficient (Wildman–Crippen LogP) is 5.45. The lowest BCUT2D eigenvalue weighted by atomic mass is 9.75. The molecule has 1 heterocycles. The van der Waals surface area contributed by atoms with Crippen LogP contribution < -0.4 is 4.57 Å². The summed E-state index contributed by atoms with van der Waals surface area (Å²) >= 11 is 0. The van der Waals surface area contributed by atoms with E-state index in [4.69, 9.17) is 4.74 Å². The molecule has 1 saturated carbocycles. The quantitative estimate of drug-likeness (QED) is 0.407. The van der Waals surface area contributed by atoms with Crippen molar-refractivity contribution in [2.45, 2.75) is 59.6 Å². The van der Waals surface area contributed by atoms with Gasteiger partial charge in [0.05, 0.1) is 12.6 Å².